The predicted octanol–water partition coefficient (Wildman–Crippen LogP) is 0.764. The van der Waals surface area contributed by atoms with E-state index in [9.17, 15) is 0 Å². The first kappa shape index (κ1) is 11.4. The van der Waals surface area contributed by atoms with E-state index in [1.807, 2.05) is 0 Å². The third kappa shape index (κ3) is 2.71. The molecule has 2 rings (SSSR count). The Bertz CT molecular complexity index is 195. The van der Waals surface area contributed by atoms with Crippen LogP contribution < -0.4 is 5.32 Å². The van der Waals surface area contributed by atoms with Crippen molar-refractivity contribution in [3.8, 4) is 0 Å². The average Bonchev–Trinajstić information content (AvgIpc) is 2.30. The van der Waals surface area contributed by atoms with Gasteiger partial charge in [-0.05, 0) is 32.9 Å². The van der Waals surface area contributed by atoms with Crippen molar-refractivity contribution in [2.45, 2.75) is 38.8 Å². The molecular weight excluding hydrogens is 186 g/mol. The highest BCUT2D eigenvalue weighted by atomic mass is 15.3. The van der Waals surface area contributed by atoms with Crippen LogP contribution in [0.2, 0.25) is 0 Å². The highest BCUT2D eigenvalue weighted by Crippen LogP contribution is 2.18. The maximum atomic E-state index is 3.47. The van der Waals surface area contributed by atoms with Crippen molar-refractivity contribution in [1.82, 2.24) is 15.1 Å². The van der Waals surface area contributed by atoms with Gasteiger partial charge in [0, 0.05) is 38.3 Å². The molecule has 88 valence electrons. The lowest BCUT2D eigenvalue weighted by molar-refractivity contribution is 0.0582. The van der Waals surface area contributed by atoms with E-state index >= 15 is 0 Å². The molecule has 15 heavy (non-hydrogen) atoms. The van der Waals surface area contributed by atoms with Gasteiger partial charge in [-0.1, -0.05) is 6.92 Å². The van der Waals surface area contributed by atoms with E-state index in [2.05, 4.69) is 29.0 Å². The molecule has 0 aromatic heterocycles. The van der Waals surface area contributed by atoms with Crippen LogP contribution in [0, 0.1) is 0 Å². The van der Waals surface area contributed by atoms with Gasteiger partial charge in [0.1, 0.15) is 0 Å². The molecular formula is C12H25N3. The minimum absolute atomic E-state index is 0.723. The van der Waals surface area contributed by atoms with Gasteiger partial charge in [0.2, 0.25) is 0 Å². The summed E-state index contributed by atoms with van der Waals surface area (Å²) >= 11 is 0. The molecule has 0 aliphatic carbocycles. The van der Waals surface area contributed by atoms with Crippen LogP contribution in [0.15, 0.2) is 0 Å². The number of hydrogen-bond acceptors (Lipinski definition) is 3. The summed E-state index contributed by atoms with van der Waals surface area (Å²) in [4.78, 5) is 5.32. The van der Waals surface area contributed by atoms with Gasteiger partial charge in [0.25, 0.3) is 0 Å². The molecule has 3 heteroatoms. The number of hydrogen-bond donors (Lipinski definition) is 1. The van der Waals surface area contributed by atoms with E-state index in [4.69, 9.17) is 0 Å². The minimum atomic E-state index is 0.723. The monoisotopic (exact) mass is 211 g/mol. The summed E-state index contributed by atoms with van der Waals surface area (Å²) in [5.41, 5.74) is 0. The highest BCUT2D eigenvalue weighted by Gasteiger charge is 2.28. The summed E-state index contributed by atoms with van der Waals surface area (Å²) in [5, 5.41) is 3.47. The number of piperidine rings is 1. The Kier molecular flexibility index (Phi) is 4.00. The Labute approximate surface area is 93.8 Å². The second-order valence-electron chi connectivity index (χ2n) is 4.98. The molecule has 2 aliphatic rings. The fourth-order valence-electron chi connectivity index (χ4n) is 2.99. The summed E-state index contributed by atoms with van der Waals surface area (Å²) in [6.45, 7) is 12.0. The third-order valence-electron chi connectivity index (χ3n) is 3.95. The molecule has 0 saturated carbocycles. The molecule has 0 amide bonds. The van der Waals surface area contributed by atoms with Gasteiger partial charge in [-0.15, -0.1) is 0 Å². The third-order valence-corrected chi connectivity index (χ3v) is 3.95. The van der Waals surface area contributed by atoms with Crippen molar-refractivity contribution in [2.24, 2.45) is 0 Å². The number of nitrogens with zero attached hydrogens (tertiary/aromatic N) is 2. The van der Waals surface area contributed by atoms with Crippen LogP contribution in [0.5, 0.6) is 0 Å². The second-order valence-corrected chi connectivity index (χ2v) is 4.98. The summed E-state index contributed by atoms with van der Waals surface area (Å²) in [5.74, 6) is 0. The van der Waals surface area contributed by atoms with E-state index in [-0.39, 0.29) is 0 Å². The van der Waals surface area contributed by atoms with E-state index in [0.29, 0.717) is 0 Å². The van der Waals surface area contributed by atoms with Crippen molar-refractivity contribution >= 4 is 0 Å². The van der Waals surface area contributed by atoms with Gasteiger partial charge in [-0.25, -0.2) is 0 Å². The molecule has 0 radical (unpaired) electrons. The molecule has 2 saturated heterocycles. The lowest BCUT2D eigenvalue weighted by Crippen LogP contribution is -2.57. The summed E-state index contributed by atoms with van der Waals surface area (Å²) in [6.07, 6.45) is 2.79. The normalized spacial score (nSPS) is 35.6. The second kappa shape index (κ2) is 5.28. The molecule has 2 aliphatic heterocycles. The first-order chi connectivity index (χ1) is 7.31. The van der Waals surface area contributed by atoms with Crippen LogP contribution in [0.1, 0.15) is 26.7 Å². The van der Waals surface area contributed by atoms with E-state index in [1.54, 1.807) is 0 Å². The predicted molar refractivity (Wildman–Crippen MR) is 64.2 cm³/mol. The Hall–Kier alpha value is -0.120. The standard InChI is InChI=1S/C12H25N3/c1-3-14-7-4-5-12(10-14)15-8-6-13-9-11(15)2/h11-13H,3-10H2,1-2H3. The number of nitrogens with one attached hydrogen (secondary N) is 1. The van der Waals surface area contributed by atoms with Crippen molar-refractivity contribution in [2.75, 3.05) is 39.3 Å². The molecule has 2 fully saturated rings. The molecule has 2 unspecified atom stereocenters. The Morgan fingerprint density at radius 2 is 2.20 bits per heavy atom. The average molecular weight is 211 g/mol. The number of likely N-dealkylation sites (tertiary alicyclic amines) is 1. The van der Waals surface area contributed by atoms with Crippen LogP contribution in [0.3, 0.4) is 0 Å². The fourth-order valence-corrected chi connectivity index (χ4v) is 2.99. The van der Waals surface area contributed by atoms with Crippen LogP contribution in [-0.2, 0) is 0 Å². The molecule has 0 spiro atoms. The largest absolute Gasteiger partial charge is 0.314 e. The smallest absolute Gasteiger partial charge is 0.0227 e. The first-order valence-electron chi connectivity index (χ1n) is 6.50. The summed E-state index contributed by atoms with van der Waals surface area (Å²) < 4.78 is 0. The quantitative estimate of drug-likeness (QED) is 0.728. The number of rotatable bonds is 2. The SMILES string of the molecule is CCN1CCCC(N2CCNCC2C)C1. The maximum absolute atomic E-state index is 3.47. The zero-order valence-electron chi connectivity index (χ0n) is 10.2. The van der Waals surface area contributed by atoms with Crippen LogP contribution in [-0.4, -0.2) is 61.2 Å². The minimum Gasteiger partial charge on any atom is -0.314 e. The number of likely N-dealkylation sites (N-methyl/N-ethyl adjacent to an activating group) is 1. The first-order valence-corrected chi connectivity index (χ1v) is 6.50. The van der Waals surface area contributed by atoms with Crippen molar-refractivity contribution in [3.63, 3.8) is 0 Å². The van der Waals surface area contributed by atoms with Crippen LogP contribution >= 0.6 is 0 Å². The highest BCUT2D eigenvalue weighted by molar-refractivity contribution is 4.86. The lowest BCUT2D eigenvalue weighted by Gasteiger charge is -2.44. The van der Waals surface area contributed by atoms with E-state index in [0.717, 1.165) is 12.1 Å². The van der Waals surface area contributed by atoms with Gasteiger partial charge in [0.05, 0.1) is 0 Å². The molecule has 0 bridgehead atoms. The Balaban J connectivity index is 1.90. The topological polar surface area (TPSA) is 18.5 Å². The van der Waals surface area contributed by atoms with Gasteiger partial charge >= 0.3 is 0 Å². The molecule has 0 aromatic carbocycles. The summed E-state index contributed by atoms with van der Waals surface area (Å²) in [6, 6.07) is 1.54. The molecule has 0 aromatic rings. The Morgan fingerprint density at radius 1 is 1.33 bits per heavy atom. The van der Waals surface area contributed by atoms with Gasteiger partial charge in [0.15, 0.2) is 0 Å². The van der Waals surface area contributed by atoms with Crippen LogP contribution in [0.4, 0.5) is 0 Å². The molecule has 2 atom stereocenters. The maximum Gasteiger partial charge on any atom is 0.0227 e. The van der Waals surface area contributed by atoms with Gasteiger partial charge in [-0.2, -0.15) is 0 Å². The van der Waals surface area contributed by atoms with Crippen molar-refractivity contribution in [3.05, 3.63) is 0 Å². The Morgan fingerprint density at radius 3 is 2.93 bits per heavy atom. The van der Waals surface area contributed by atoms with Crippen molar-refractivity contribution < 1.29 is 0 Å². The zero-order chi connectivity index (χ0) is 10.7. The van der Waals surface area contributed by atoms with Gasteiger partial charge < -0.3 is 10.2 Å². The van der Waals surface area contributed by atoms with Crippen molar-refractivity contribution in [1.29, 1.82) is 0 Å². The zero-order valence-corrected chi connectivity index (χ0v) is 10.2. The summed E-state index contributed by atoms with van der Waals surface area (Å²) in [7, 11) is 0. The molecule has 3 nitrogen and oxygen atoms in total. The van der Waals surface area contributed by atoms with Gasteiger partial charge in [-0.3, -0.25) is 4.90 Å². The van der Waals surface area contributed by atoms with Crippen LogP contribution in [0.25, 0.3) is 0 Å². The fraction of sp³-hybridized carbons (Fsp3) is 1.00. The van der Waals surface area contributed by atoms with E-state index < -0.39 is 0 Å². The molecule has 2 heterocycles. The number of piperazine rings is 1. The molecule has 1 N–H and O–H groups in total. The lowest BCUT2D eigenvalue weighted by atomic mass is 10.0. The van der Waals surface area contributed by atoms with E-state index in [1.165, 1.54) is 52.1 Å².